The molecule has 2 rings (SSSR count). The lowest BCUT2D eigenvalue weighted by atomic mass is 10.2. The Labute approximate surface area is 120 Å². The lowest BCUT2D eigenvalue weighted by Crippen LogP contribution is -2.44. The van der Waals surface area contributed by atoms with Crippen LogP contribution in [0, 0.1) is 0 Å². The molecule has 0 amide bonds. The lowest BCUT2D eigenvalue weighted by molar-refractivity contribution is 0.0985. The van der Waals surface area contributed by atoms with Crippen LogP contribution >= 0.6 is 11.6 Å². The third-order valence-electron chi connectivity index (χ3n) is 3.29. The van der Waals surface area contributed by atoms with Crippen LogP contribution in [0.5, 0.6) is 0 Å². The van der Waals surface area contributed by atoms with E-state index in [9.17, 15) is 0 Å². The number of hydrogen-bond acceptors (Lipinski definition) is 4. The summed E-state index contributed by atoms with van der Waals surface area (Å²) in [7, 11) is 0. The number of morpholine rings is 1. The SMILES string of the molecule is CCCNCc1nc(N2CCOCC2C)ccc1Cl. The third-order valence-corrected chi connectivity index (χ3v) is 3.63. The van der Waals surface area contributed by atoms with Gasteiger partial charge in [-0.25, -0.2) is 4.98 Å². The fraction of sp³-hybridized carbons (Fsp3) is 0.643. The summed E-state index contributed by atoms with van der Waals surface area (Å²) in [6.07, 6.45) is 1.11. The molecule has 0 aliphatic carbocycles. The van der Waals surface area contributed by atoms with Crippen LogP contribution in [0.4, 0.5) is 5.82 Å². The first kappa shape index (κ1) is 14.6. The Balaban J connectivity index is 2.10. The van der Waals surface area contributed by atoms with Crippen molar-refractivity contribution in [1.82, 2.24) is 10.3 Å². The van der Waals surface area contributed by atoms with Crippen molar-refractivity contribution < 1.29 is 4.74 Å². The van der Waals surface area contributed by atoms with E-state index in [1.54, 1.807) is 0 Å². The summed E-state index contributed by atoms with van der Waals surface area (Å²) in [4.78, 5) is 6.98. The Bertz CT molecular complexity index is 414. The highest BCUT2D eigenvalue weighted by atomic mass is 35.5. The molecule has 1 atom stereocenters. The van der Waals surface area contributed by atoms with E-state index in [1.807, 2.05) is 12.1 Å². The van der Waals surface area contributed by atoms with Crippen LogP contribution in [0.2, 0.25) is 5.02 Å². The average molecular weight is 284 g/mol. The molecule has 0 saturated carbocycles. The van der Waals surface area contributed by atoms with Gasteiger partial charge < -0.3 is 15.0 Å². The van der Waals surface area contributed by atoms with Gasteiger partial charge in [-0.2, -0.15) is 0 Å². The Morgan fingerprint density at radius 1 is 1.53 bits per heavy atom. The third kappa shape index (κ3) is 3.81. The van der Waals surface area contributed by atoms with Crippen molar-refractivity contribution in [2.75, 3.05) is 31.2 Å². The van der Waals surface area contributed by atoms with E-state index in [-0.39, 0.29) is 0 Å². The van der Waals surface area contributed by atoms with Gasteiger partial charge in [-0.3, -0.25) is 0 Å². The van der Waals surface area contributed by atoms with Crippen LogP contribution in [0.1, 0.15) is 26.0 Å². The van der Waals surface area contributed by atoms with Gasteiger partial charge in [0.25, 0.3) is 0 Å². The van der Waals surface area contributed by atoms with Crippen LogP contribution in [0.3, 0.4) is 0 Å². The van der Waals surface area contributed by atoms with Crippen LogP contribution in [-0.4, -0.2) is 37.3 Å². The van der Waals surface area contributed by atoms with Crippen LogP contribution in [0.15, 0.2) is 12.1 Å². The number of nitrogens with zero attached hydrogens (tertiary/aromatic N) is 2. The quantitative estimate of drug-likeness (QED) is 0.843. The number of halogens is 1. The summed E-state index contributed by atoms with van der Waals surface area (Å²) in [5, 5.41) is 4.07. The molecular weight excluding hydrogens is 262 g/mol. The van der Waals surface area contributed by atoms with E-state index in [0.717, 1.165) is 55.8 Å². The standard InChI is InChI=1S/C14H22ClN3O/c1-3-6-16-9-13-12(15)4-5-14(17-13)18-7-8-19-10-11(18)2/h4-5,11,16H,3,6-10H2,1-2H3. The van der Waals surface area contributed by atoms with Crippen molar-refractivity contribution in [1.29, 1.82) is 0 Å². The topological polar surface area (TPSA) is 37.4 Å². The number of pyridine rings is 1. The molecule has 0 radical (unpaired) electrons. The Kier molecular flexibility index (Phi) is 5.43. The zero-order valence-corrected chi connectivity index (χ0v) is 12.4. The number of ether oxygens (including phenoxy) is 1. The molecule has 1 unspecified atom stereocenters. The zero-order chi connectivity index (χ0) is 13.7. The van der Waals surface area contributed by atoms with Crippen molar-refractivity contribution >= 4 is 17.4 Å². The van der Waals surface area contributed by atoms with E-state index in [1.165, 1.54) is 0 Å². The van der Waals surface area contributed by atoms with Crippen molar-refractivity contribution in [2.24, 2.45) is 0 Å². The number of aromatic nitrogens is 1. The minimum absolute atomic E-state index is 0.360. The maximum atomic E-state index is 6.20. The molecule has 1 aliphatic heterocycles. The van der Waals surface area contributed by atoms with Gasteiger partial charge in [0.15, 0.2) is 0 Å². The van der Waals surface area contributed by atoms with Crippen LogP contribution in [-0.2, 0) is 11.3 Å². The predicted molar refractivity (Wildman–Crippen MR) is 78.9 cm³/mol. The molecule has 4 nitrogen and oxygen atoms in total. The first-order valence-corrected chi connectivity index (χ1v) is 7.30. The summed E-state index contributed by atoms with van der Waals surface area (Å²) in [6, 6.07) is 4.29. The minimum atomic E-state index is 0.360. The van der Waals surface area contributed by atoms with Crippen molar-refractivity contribution in [3.8, 4) is 0 Å². The van der Waals surface area contributed by atoms with E-state index >= 15 is 0 Å². The van der Waals surface area contributed by atoms with Gasteiger partial charge in [-0.1, -0.05) is 18.5 Å². The normalized spacial score (nSPS) is 19.7. The number of hydrogen-bond donors (Lipinski definition) is 1. The van der Waals surface area contributed by atoms with Crippen molar-refractivity contribution in [3.05, 3.63) is 22.8 Å². The fourth-order valence-electron chi connectivity index (χ4n) is 2.21. The minimum Gasteiger partial charge on any atom is -0.377 e. The molecule has 1 fully saturated rings. The first-order valence-electron chi connectivity index (χ1n) is 6.93. The molecule has 2 heterocycles. The highest BCUT2D eigenvalue weighted by molar-refractivity contribution is 6.31. The largest absolute Gasteiger partial charge is 0.377 e. The van der Waals surface area contributed by atoms with E-state index in [2.05, 4.69) is 24.1 Å². The molecule has 106 valence electrons. The number of nitrogens with one attached hydrogen (secondary N) is 1. The molecule has 1 saturated heterocycles. The number of anilines is 1. The second kappa shape index (κ2) is 7.08. The maximum absolute atomic E-state index is 6.20. The molecule has 19 heavy (non-hydrogen) atoms. The molecule has 0 bridgehead atoms. The van der Waals surface area contributed by atoms with Gasteiger partial charge in [0.2, 0.25) is 0 Å². The summed E-state index contributed by atoms with van der Waals surface area (Å²) >= 11 is 6.20. The predicted octanol–water partition coefficient (Wildman–Crippen LogP) is 2.46. The van der Waals surface area contributed by atoms with E-state index in [4.69, 9.17) is 21.3 Å². The van der Waals surface area contributed by atoms with E-state index < -0.39 is 0 Å². The monoisotopic (exact) mass is 283 g/mol. The molecule has 0 spiro atoms. The van der Waals surface area contributed by atoms with Crippen LogP contribution < -0.4 is 10.2 Å². The zero-order valence-electron chi connectivity index (χ0n) is 11.7. The first-order chi connectivity index (χ1) is 9.22. The summed E-state index contributed by atoms with van der Waals surface area (Å²) < 4.78 is 5.46. The summed E-state index contributed by atoms with van der Waals surface area (Å²) in [5.74, 6) is 0.994. The second-order valence-corrected chi connectivity index (χ2v) is 5.30. The summed E-state index contributed by atoms with van der Waals surface area (Å²) in [5.41, 5.74) is 0.923. The van der Waals surface area contributed by atoms with Crippen molar-refractivity contribution in [3.63, 3.8) is 0 Å². The van der Waals surface area contributed by atoms with Gasteiger partial charge in [0, 0.05) is 13.1 Å². The lowest BCUT2D eigenvalue weighted by Gasteiger charge is -2.34. The Hall–Kier alpha value is -0.840. The van der Waals surface area contributed by atoms with E-state index in [0.29, 0.717) is 6.04 Å². The molecule has 1 aromatic rings. The highest BCUT2D eigenvalue weighted by Gasteiger charge is 2.20. The van der Waals surface area contributed by atoms with Gasteiger partial charge in [-0.15, -0.1) is 0 Å². The molecule has 5 heteroatoms. The average Bonchev–Trinajstić information content (AvgIpc) is 2.42. The fourth-order valence-corrected chi connectivity index (χ4v) is 2.38. The second-order valence-electron chi connectivity index (χ2n) is 4.89. The molecule has 1 aromatic heterocycles. The molecular formula is C14H22ClN3O. The molecule has 1 aliphatic rings. The highest BCUT2D eigenvalue weighted by Crippen LogP contribution is 2.22. The number of rotatable bonds is 5. The molecule has 0 aromatic carbocycles. The van der Waals surface area contributed by atoms with Gasteiger partial charge >= 0.3 is 0 Å². The van der Waals surface area contributed by atoms with Crippen molar-refractivity contribution in [2.45, 2.75) is 32.9 Å². The van der Waals surface area contributed by atoms with Gasteiger partial charge in [0.05, 0.1) is 30.0 Å². The molecule has 1 N–H and O–H groups in total. The maximum Gasteiger partial charge on any atom is 0.129 e. The smallest absolute Gasteiger partial charge is 0.129 e. The van der Waals surface area contributed by atoms with Gasteiger partial charge in [0.1, 0.15) is 5.82 Å². The van der Waals surface area contributed by atoms with Gasteiger partial charge in [-0.05, 0) is 32.0 Å². The summed E-state index contributed by atoms with van der Waals surface area (Å²) in [6.45, 7) is 8.41. The van der Waals surface area contributed by atoms with Crippen LogP contribution in [0.25, 0.3) is 0 Å². The Morgan fingerprint density at radius 3 is 3.11 bits per heavy atom. The Morgan fingerprint density at radius 2 is 2.37 bits per heavy atom.